The zero-order chi connectivity index (χ0) is 16.5. The SMILES string of the molecule is CCNC(=NCc1ccccc1F)NCCN1CCCC(C)C1.I. The number of halogens is 2. The van der Waals surface area contributed by atoms with E-state index in [4.69, 9.17) is 0 Å². The summed E-state index contributed by atoms with van der Waals surface area (Å²) in [4.78, 5) is 6.98. The van der Waals surface area contributed by atoms with Gasteiger partial charge in [0.15, 0.2) is 5.96 Å². The smallest absolute Gasteiger partial charge is 0.191 e. The van der Waals surface area contributed by atoms with Crippen molar-refractivity contribution in [2.75, 3.05) is 32.7 Å². The number of aliphatic imine (C=N–C) groups is 1. The third-order valence-corrected chi connectivity index (χ3v) is 4.17. The molecule has 2 rings (SSSR count). The fraction of sp³-hybridized carbons (Fsp3) is 0.611. The van der Waals surface area contributed by atoms with E-state index in [1.165, 1.54) is 32.0 Å². The van der Waals surface area contributed by atoms with Gasteiger partial charge in [0, 0.05) is 31.7 Å². The zero-order valence-corrected chi connectivity index (χ0v) is 17.1. The molecule has 4 nitrogen and oxygen atoms in total. The highest BCUT2D eigenvalue weighted by atomic mass is 127. The van der Waals surface area contributed by atoms with Crippen LogP contribution >= 0.6 is 24.0 Å². The van der Waals surface area contributed by atoms with Crippen LogP contribution in [0.25, 0.3) is 0 Å². The lowest BCUT2D eigenvalue weighted by Gasteiger charge is -2.30. The fourth-order valence-electron chi connectivity index (χ4n) is 2.95. The fourth-order valence-corrected chi connectivity index (χ4v) is 2.95. The molecule has 1 aliphatic heterocycles. The molecule has 136 valence electrons. The highest BCUT2D eigenvalue weighted by Crippen LogP contribution is 2.14. The van der Waals surface area contributed by atoms with Crippen LogP contribution < -0.4 is 10.6 Å². The minimum Gasteiger partial charge on any atom is -0.357 e. The average molecular weight is 448 g/mol. The van der Waals surface area contributed by atoms with Crippen molar-refractivity contribution in [3.63, 3.8) is 0 Å². The van der Waals surface area contributed by atoms with Gasteiger partial charge in [-0.25, -0.2) is 9.38 Å². The van der Waals surface area contributed by atoms with Crippen molar-refractivity contribution in [1.82, 2.24) is 15.5 Å². The summed E-state index contributed by atoms with van der Waals surface area (Å²) in [6.45, 7) is 9.75. The molecular formula is C18H30FIN4. The maximum absolute atomic E-state index is 13.6. The number of nitrogens with one attached hydrogen (secondary N) is 2. The monoisotopic (exact) mass is 448 g/mol. The molecule has 1 unspecified atom stereocenters. The van der Waals surface area contributed by atoms with Gasteiger partial charge in [0.2, 0.25) is 0 Å². The summed E-state index contributed by atoms with van der Waals surface area (Å²) in [5.41, 5.74) is 0.620. The number of likely N-dealkylation sites (tertiary alicyclic amines) is 1. The lowest BCUT2D eigenvalue weighted by Crippen LogP contribution is -2.43. The average Bonchev–Trinajstić information content (AvgIpc) is 2.54. The van der Waals surface area contributed by atoms with Crippen molar-refractivity contribution in [2.45, 2.75) is 33.2 Å². The lowest BCUT2D eigenvalue weighted by molar-refractivity contribution is 0.187. The van der Waals surface area contributed by atoms with E-state index in [1.807, 2.05) is 13.0 Å². The van der Waals surface area contributed by atoms with Crippen molar-refractivity contribution in [1.29, 1.82) is 0 Å². The molecule has 6 heteroatoms. The Labute approximate surface area is 162 Å². The molecule has 1 aromatic carbocycles. The highest BCUT2D eigenvalue weighted by Gasteiger charge is 2.15. The first kappa shape index (κ1) is 21.2. The Balaban J connectivity index is 0.00000288. The summed E-state index contributed by atoms with van der Waals surface area (Å²) in [5, 5.41) is 6.56. The van der Waals surface area contributed by atoms with E-state index >= 15 is 0 Å². The quantitative estimate of drug-likeness (QED) is 0.399. The molecule has 0 aliphatic carbocycles. The molecule has 1 fully saturated rings. The van der Waals surface area contributed by atoms with Crippen molar-refractivity contribution in [3.05, 3.63) is 35.6 Å². The first-order chi connectivity index (χ1) is 11.2. The molecule has 0 spiro atoms. The van der Waals surface area contributed by atoms with Crippen molar-refractivity contribution in [3.8, 4) is 0 Å². The van der Waals surface area contributed by atoms with Gasteiger partial charge in [-0.3, -0.25) is 0 Å². The molecule has 0 aromatic heterocycles. The Morgan fingerprint density at radius 1 is 1.33 bits per heavy atom. The number of hydrogen-bond donors (Lipinski definition) is 2. The topological polar surface area (TPSA) is 39.7 Å². The standard InChI is InChI=1S/C18H29FN4.HI/c1-3-20-18(22-13-16-8-4-5-9-17(16)19)21-10-12-23-11-6-7-15(2)14-23;/h4-5,8-9,15H,3,6-7,10-14H2,1-2H3,(H2,20,21,22);1H. The zero-order valence-electron chi connectivity index (χ0n) is 14.7. The molecule has 0 saturated carbocycles. The van der Waals surface area contributed by atoms with Gasteiger partial charge in [0.05, 0.1) is 6.54 Å². The van der Waals surface area contributed by atoms with Crippen LogP contribution in [0.3, 0.4) is 0 Å². The Morgan fingerprint density at radius 3 is 2.83 bits per heavy atom. The molecule has 1 atom stereocenters. The van der Waals surface area contributed by atoms with Crippen molar-refractivity contribution in [2.24, 2.45) is 10.9 Å². The minimum absolute atomic E-state index is 0. The molecular weight excluding hydrogens is 418 g/mol. The summed E-state index contributed by atoms with van der Waals surface area (Å²) in [5.74, 6) is 1.35. The molecule has 1 aliphatic rings. The Bertz CT molecular complexity index is 510. The normalized spacial score (nSPS) is 18.8. The van der Waals surface area contributed by atoms with E-state index < -0.39 is 0 Å². The van der Waals surface area contributed by atoms with Gasteiger partial charge in [-0.2, -0.15) is 0 Å². The lowest BCUT2D eigenvalue weighted by atomic mass is 10.0. The second kappa shape index (κ2) is 11.6. The van der Waals surface area contributed by atoms with Gasteiger partial charge in [0.1, 0.15) is 5.82 Å². The summed E-state index contributed by atoms with van der Waals surface area (Å²) in [6, 6.07) is 6.79. The van der Waals surface area contributed by atoms with Crippen LogP contribution in [0.4, 0.5) is 4.39 Å². The van der Waals surface area contributed by atoms with Crippen LogP contribution in [0.15, 0.2) is 29.3 Å². The number of benzene rings is 1. The summed E-state index contributed by atoms with van der Waals surface area (Å²) in [7, 11) is 0. The van der Waals surface area contributed by atoms with Crippen LogP contribution in [-0.2, 0) is 6.54 Å². The molecule has 1 aromatic rings. The van der Waals surface area contributed by atoms with E-state index in [2.05, 4.69) is 27.4 Å². The van der Waals surface area contributed by atoms with Crippen LogP contribution in [0.5, 0.6) is 0 Å². The largest absolute Gasteiger partial charge is 0.357 e. The van der Waals surface area contributed by atoms with Gasteiger partial charge < -0.3 is 15.5 Å². The van der Waals surface area contributed by atoms with Gasteiger partial charge in [0.25, 0.3) is 0 Å². The summed E-state index contributed by atoms with van der Waals surface area (Å²) < 4.78 is 13.6. The second-order valence-corrected chi connectivity index (χ2v) is 6.26. The van der Waals surface area contributed by atoms with Gasteiger partial charge in [-0.15, -0.1) is 24.0 Å². The molecule has 2 N–H and O–H groups in total. The Morgan fingerprint density at radius 2 is 2.12 bits per heavy atom. The minimum atomic E-state index is -0.200. The number of guanidine groups is 1. The van der Waals surface area contributed by atoms with Crippen LogP contribution in [0, 0.1) is 11.7 Å². The van der Waals surface area contributed by atoms with Crippen LogP contribution in [0.2, 0.25) is 0 Å². The maximum atomic E-state index is 13.6. The Hall–Kier alpha value is -0.890. The van der Waals surface area contributed by atoms with Gasteiger partial charge in [-0.05, 0) is 38.3 Å². The number of rotatable bonds is 6. The predicted molar refractivity (Wildman–Crippen MR) is 109 cm³/mol. The van der Waals surface area contributed by atoms with E-state index in [-0.39, 0.29) is 29.8 Å². The van der Waals surface area contributed by atoms with E-state index in [0.29, 0.717) is 12.1 Å². The molecule has 1 heterocycles. The van der Waals surface area contributed by atoms with Gasteiger partial charge >= 0.3 is 0 Å². The molecule has 0 bridgehead atoms. The van der Waals surface area contributed by atoms with E-state index in [9.17, 15) is 4.39 Å². The van der Waals surface area contributed by atoms with Gasteiger partial charge in [-0.1, -0.05) is 25.1 Å². The summed E-state index contributed by atoms with van der Waals surface area (Å²) in [6.07, 6.45) is 2.64. The predicted octanol–water partition coefficient (Wildman–Crippen LogP) is 3.23. The maximum Gasteiger partial charge on any atom is 0.191 e. The molecule has 0 radical (unpaired) electrons. The first-order valence-corrected chi connectivity index (χ1v) is 8.67. The number of hydrogen-bond acceptors (Lipinski definition) is 2. The summed E-state index contributed by atoms with van der Waals surface area (Å²) >= 11 is 0. The van der Waals surface area contributed by atoms with E-state index in [0.717, 1.165) is 31.5 Å². The third kappa shape index (κ3) is 7.34. The molecule has 24 heavy (non-hydrogen) atoms. The highest BCUT2D eigenvalue weighted by molar-refractivity contribution is 14.0. The van der Waals surface area contributed by atoms with Crippen molar-refractivity contribution >= 4 is 29.9 Å². The first-order valence-electron chi connectivity index (χ1n) is 8.67. The van der Waals surface area contributed by atoms with E-state index in [1.54, 1.807) is 12.1 Å². The molecule has 0 amide bonds. The second-order valence-electron chi connectivity index (χ2n) is 6.26. The van der Waals surface area contributed by atoms with Crippen molar-refractivity contribution < 1.29 is 4.39 Å². The number of piperidine rings is 1. The number of nitrogens with zero attached hydrogens (tertiary/aromatic N) is 2. The van der Waals surface area contributed by atoms with Crippen LogP contribution in [0.1, 0.15) is 32.3 Å². The Kier molecular flexibility index (Phi) is 10.2. The van der Waals surface area contributed by atoms with Crippen LogP contribution in [-0.4, -0.2) is 43.6 Å². The molecule has 1 saturated heterocycles. The third-order valence-electron chi connectivity index (χ3n) is 4.17.